The first-order chi connectivity index (χ1) is 6.26. The molecule has 0 aromatic rings. The van der Waals surface area contributed by atoms with Gasteiger partial charge in [0.15, 0.2) is 0 Å². The topological polar surface area (TPSA) is 49.4 Å². The normalized spacial score (nSPS) is 9.38. The minimum Gasteiger partial charge on any atom is -0.325 e. The molecule has 0 spiro atoms. The van der Waals surface area contributed by atoms with Gasteiger partial charge in [-0.25, -0.2) is 4.79 Å². The molecule has 4 heteroatoms. The SMILES string of the molecule is CCCCCN(CC)C(=O)N[C]=O. The highest BCUT2D eigenvalue weighted by Crippen LogP contribution is 1.98. The van der Waals surface area contributed by atoms with Crippen LogP contribution in [0.25, 0.3) is 0 Å². The second-order valence-corrected chi connectivity index (χ2v) is 2.82. The van der Waals surface area contributed by atoms with Gasteiger partial charge in [-0.2, -0.15) is 0 Å². The van der Waals surface area contributed by atoms with E-state index in [1.54, 1.807) is 4.90 Å². The molecule has 0 aromatic heterocycles. The van der Waals surface area contributed by atoms with E-state index in [9.17, 15) is 9.59 Å². The molecule has 0 rings (SSSR count). The molecule has 0 aliphatic rings. The van der Waals surface area contributed by atoms with Crippen molar-refractivity contribution in [2.24, 2.45) is 0 Å². The lowest BCUT2D eigenvalue weighted by molar-refractivity contribution is 0.204. The largest absolute Gasteiger partial charge is 0.325 e. The molecule has 0 saturated carbocycles. The number of carbonyl (C=O) groups excluding carboxylic acids is 2. The van der Waals surface area contributed by atoms with Crippen molar-refractivity contribution in [1.82, 2.24) is 10.2 Å². The number of carbonyl (C=O) groups is 1. The number of hydrogen-bond donors (Lipinski definition) is 1. The molecular formula is C9H17N2O2. The van der Waals surface area contributed by atoms with E-state index < -0.39 is 0 Å². The number of urea groups is 1. The lowest BCUT2D eigenvalue weighted by Crippen LogP contribution is -2.39. The van der Waals surface area contributed by atoms with Gasteiger partial charge in [0.2, 0.25) is 0 Å². The van der Waals surface area contributed by atoms with Crippen molar-refractivity contribution in [3.63, 3.8) is 0 Å². The van der Waals surface area contributed by atoms with E-state index in [0.717, 1.165) is 19.3 Å². The summed E-state index contributed by atoms with van der Waals surface area (Å²) < 4.78 is 0. The maximum atomic E-state index is 11.1. The minimum absolute atomic E-state index is 0.353. The molecule has 0 heterocycles. The standard InChI is InChI=1S/C9H17N2O2/c1-3-5-6-7-11(4-2)9(13)10-8-12/h3-7H2,1-2H3,(H,10,12,13). The van der Waals surface area contributed by atoms with Crippen LogP contribution in [0.3, 0.4) is 0 Å². The third kappa shape index (κ3) is 5.22. The van der Waals surface area contributed by atoms with Gasteiger partial charge < -0.3 is 4.90 Å². The van der Waals surface area contributed by atoms with Crippen molar-refractivity contribution in [3.05, 3.63) is 0 Å². The Morgan fingerprint density at radius 3 is 2.54 bits per heavy atom. The molecule has 0 saturated heterocycles. The molecule has 0 unspecified atom stereocenters. The van der Waals surface area contributed by atoms with Crippen LogP contribution in [0.4, 0.5) is 4.79 Å². The van der Waals surface area contributed by atoms with Gasteiger partial charge >= 0.3 is 12.4 Å². The lowest BCUT2D eigenvalue weighted by Gasteiger charge is -2.18. The third-order valence-corrected chi connectivity index (χ3v) is 1.86. The Hall–Kier alpha value is -1.06. The molecular weight excluding hydrogens is 168 g/mol. The van der Waals surface area contributed by atoms with Crippen LogP contribution in [-0.4, -0.2) is 30.4 Å². The highest BCUT2D eigenvalue weighted by atomic mass is 16.2. The van der Waals surface area contributed by atoms with Crippen molar-refractivity contribution < 1.29 is 9.59 Å². The van der Waals surface area contributed by atoms with E-state index in [2.05, 4.69) is 6.92 Å². The van der Waals surface area contributed by atoms with Gasteiger partial charge in [0.05, 0.1) is 0 Å². The molecule has 13 heavy (non-hydrogen) atoms. The predicted octanol–water partition coefficient (Wildman–Crippen LogP) is 1.28. The zero-order valence-electron chi connectivity index (χ0n) is 8.30. The smallest absolute Gasteiger partial charge is 0.324 e. The van der Waals surface area contributed by atoms with Gasteiger partial charge in [0.1, 0.15) is 0 Å². The molecule has 0 aliphatic carbocycles. The predicted molar refractivity (Wildman–Crippen MR) is 51.0 cm³/mol. The molecule has 0 bridgehead atoms. The van der Waals surface area contributed by atoms with Crippen LogP contribution >= 0.6 is 0 Å². The zero-order valence-corrected chi connectivity index (χ0v) is 8.30. The summed E-state index contributed by atoms with van der Waals surface area (Å²) in [6.07, 6.45) is 4.59. The summed E-state index contributed by atoms with van der Waals surface area (Å²) in [4.78, 5) is 22.6. The van der Waals surface area contributed by atoms with Gasteiger partial charge in [-0.15, -0.1) is 0 Å². The van der Waals surface area contributed by atoms with Crippen molar-refractivity contribution >= 4 is 12.4 Å². The molecule has 1 N–H and O–H groups in total. The molecule has 0 atom stereocenters. The maximum absolute atomic E-state index is 11.1. The molecule has 1 radical (unpaired) electrons. The molecule has 3 amide bonds. The average Bonchev–Trinajstić information content (AvgIpc) is 2.13. The Morgan fingerprint density at radius 2 is 2.08 bits per heavy atom. The van der Waals surface area contributed by atoms with E-state index in [0.29, 0.717) is 13.1 Å². The van der Waals surface area contributed by atoms with Crippen LogP contribution in [0, 0.1) is 0 Å². The summed E-state index contributed by atoms with van der Waals surface area (Å²) in [5.41, 5.74) is 0. The van der Waals surface area contributed by atoms with E-state index in [-0.39, 0.29) is 6.03 Å². The fourth-order valence-corrected chi connectivity index (χ4v) is 1.08. The van der Waals surface area contributed by atoms with E-state index >= 15 is 0 Å². The van der Waals surface area contributed by atoms with Crippen LogP contribution < -0.4 is 5.32 Å². The number of rotatable bonds is 6. The Bertz CT molecular complexity index is 160. The zero-order chi connectivity index (χ0) is 10.1. The summed E-state index contributed by atoms with van der Waals surface area (Å²) in [6.45, 7) is 5.32. The molecule has 4 nitrogen and oxygen atoms in total. The van der Waals surface area contributed by atoms with Crippen molar-refractivity contribution in [1.29, 1.82) is 0 Å². The molecule has 0 aromatic carbocycles. The van der Waals surface area contributed by atoms with Crippen LogP contribution in [-0.2, 0) is 4.79 Å². The Balaban J connectivity index is 3.73. The van der Waals surface area contributed by atoms with Crippen LogP contribution in [0.2, 0.25) is 0 Å². The van der Waals surface area contributed by atoms with E-state index in [1.807, 2.05) is 12.2 Å². The first-order valence-corrected chi connectivity index (χ1v) is 4.68. The third-order valence-electron chi connectivity index (χ3n) is 1.86. The number of amides is 3. The molecule has 0 fully saturated rings. The lowest BCUT2D eigenvalue weighted by atomic mass is 10.2. The number of imide groups is 1. The van der Waals surface area contributed by atoms with Gasteiger partial charge in [-0.05, 0) is 13.3 Å². The van der Waals surface area contributed by atoms with Crippen LogP contribution in [0.15, 0.2) is 0 Å². The van der Waals surface area contributed by atoms with Gasteiger partial charge in [0, 0.05) is 13.1 Å². The van der Waals surface area contributed by atoms with Gasteiger partial charge in [0.25, 0.3) is 0 Å². The summed E-state index contributed by atoms with van der Waals surface area (Å²) in [5.74, 6) is 0. The molecule has 0 aliphatic heterocycles. The second kappa shape index (κ2) is 7.58. The Labute approximate surface area is 79.3 Å². The fourth-order valence-electron chi connectivity index (χ4n) is 1.08. The van der Waals surface area contributed by atoms with Crippen molar-refractivity contribution in [3.8, 4) is 0 Å². The average molecular weight is 185 g/mol. The second-order valence-electron chi connectivity index (χ2n) is 2.82. The van der Waals surface area contributed by atoms with E-state index in [4.69, 9.17) is 0 Å². The maximum Gasteiger partial charge on any atom is 0.324 e. The summed E-state index contributed by atoms with van der Waals surface area (Å²) in [7, 11) is 0. The highest BCUT2D eigenvalue weighted by molar-refractivity contribution is 5.84. The van der Waals surface area contributed by atoms with Crippen LogP contribution in [0.5, 0.6) is 0 Å². The minimum atomic E-state index is -0.353. The monoisotopic (exact) mass is 185 g/mol. The first-order valence-electron chi connectivity index (χ1n) is 4.68. The van der Waals surface area contributed by atoms with Crippen molar-refractivity contribution in [2.75, 3.05) is 13.1 Å². The van der Waals surface area contributed by atoms with Gasteiger partial charge in [-0.3, -0.25) is 10.1 Å². The summed E-state index contributed by atoms with van der Waals surface area (Å²) >= 11 is 0. The van der Waals surface area contributed by atoms with Gasteiger partial charge in [-0.1, -0.05) is 19.8 Å². The van der Waals surface area contributed by atoms with Crippen molar-refractivity contribution in [2.45, 2.75) is 33.1 Å². The molecule has 75 valence electrons. The number of nitrogens with zero attached hydrogens (tertiary/aromatic N) is 1. The number of nitrogens with one attached hydrogen (secondary N) is 1. The quantitative estimate of drug-likeness (QED) is 0.500. The first kappa shape index (κ1) is 11.9. The van der Waals surface area contributed by atoms with Crippen LogP contribution in [0.1, 0.15) is 33.1 Å². The Morgan fingerprint density at radius 1 is 1.38 bits per heavy atom. The summed E-state index contributed by atoms with van der Waals surface area (Å²) in [6, 6.07) is -0.353. The Kier molecular flexibility index (Phi) is 6.96. The fraction of sp³-hybridized carbons (Fsp3) is 0.778. The number of unbranched alkanes of at least 4 members (excludes halogenated alkanes) is 2. The van der Waals surface area contributed by atoms with E-state index in [1.165, 1.54) is 6.41 Å². The number of hydrogen-bond acceptors (Lipinski definition) is 2. The summed E-state index contributed by atoms with van der Waals surface area (Å²) in [5, 5.41) is 2.00. The highest BCUT2D eigenvalue weighted by Gasteiger charge is 2.09.